The van der Waals surface area contributed by atoms with Gasteiger partial charge in [0.05, 0.1) is 5.39 Å². The molecule has 0 spiro atoms. The number of aryl methyl sites for hydroxylation is 4. The highest BCUT2D eigenvalue weighted by Gasteiger charge is 2.22. The van der Waals surface area contributed by atoms with Gasteiger partial charge in [-0.1, -0.05) is 6.92 Å². The van der Waals surface area contributed by atoms with Crippen LogP contribution in [0.3, 0.4) is 0 Å². The van der Waals surface area contributed by atoms with Crippen LogP contribution in [0.25, 0.3) is 15.9 Å². The molecule has 0 N–H and O–H groups in total. The van der Waals surface area contributed by atoms with Crippen molar-refractivity contribution in [2.75, 3.05) is 0 Å². The molecule has 1 aliphatic rings. The molecular formula is C13H14N4S. The minimum absolute atomic E-state index is 0.890. The lowest BCUT2D eigenvalue weighted by Crippen LogP contribution is -2.00. The summed E-state index contributed by atoms with van der Waals surface area (Å²) in [6.07, 6.45) is 4.54. The molecule has 3 aromatic heterocycles. The standard InChI is InChI=1S/C13H14N4S/c1-3-10-15-16-12-11-8-5-4-6-9(8)18-13(11)14-7(2)17(10)12/h3-6H2,1-2H3. The highest BCUT2D eigenvalue weighted by atomic mass is 32.1. The fourth-order valence-electron chi connectivity index (χ4n) is 2.94. The van der Waals surface area contributed by atoms with Crippen LogP contribution in [-0.2, 0) is 19.3 Å². The zero-order valence-electron chi connectivity index (χ0n) is 10.5. The Morgan fingerprint density at radius 3 is 3.00 bits per heavy atom. The lowest BCUT2D eigenvalue weighted by molar-refractivity contribution is 0.873. The highest BCUT2D eigenvalue weighted by Crippen LogP contribution is 2.38. The Hall–Kier alpha value is -1.49. The molecule has 3 aromatic rings. The van der Waals surface area contributed by atoms with Crippen molar-refractivity contribution in [1.29, 1.82) is 0 Å². The van der Waals surface area contributed by atoms with Gasteiger partial charge in [0, 0.05) is 11.3 Å². The van der Waals surface area contributed by atoms with Gasteiger partial charge in [0.1, 0.15) is 16.5 Å². The van der Waals surface area contributed by atoms with Crippen LogP contribution in [0.5, 0.6) is 0 Å². The third-order valence-electron chi connectivity index (χ3n) is 3.76. The summed E-state index contributed by atoms with van der Waals surface area (Å²) in [5.41, 5.74) is 2.48. The molecular weight excluding hydrogens is 244 g/mol. The number of fused-ring (bicyclic) bond motifs is 5. The van der Waals surface area contributed by atoms with E-state index in [1.807, 2.05) is 18.3 Å². The predicted molar refractivity (Wildman–Crippen MR) is 72.3 cm³/mol. The Labute approximate surface area is 109 Å². The number of thiophene rings is 1. The van der Waals surface area contributed by atoms with Crippen LogP contribution < -0.4 is 0 Å². The van der Waals surface area contributed by atoms with Gasteiger partial charge in [0.25, 0.3) is 0 Å². The molecule has 0 saturated heterocycles. The number of rotatable bonds is 1. The van der Waals surface area contributed by atoms with Crippen LogP contribution in [-0.4, -0.2) is 19.6 Å². The van der Waals surface area contributed by atoms with Crippen molar-refractivity contribution < 1.29 is 0 Å². The smallest absolute Gasteiger partial charge is 0.172 e. The third-order valence-corrected chi connectivity index (χ3v) is 4.95. The average molecular weight is 258 g/mol. The summed E-state index contributed by atoms with van der Waals surface area (Å²) >= 11 is 1.84. The minimum atomic E-state index is 0.890. The van der Waals surface area contributed by atoms with Crippen LogP contribution in [0.1, 0.15) is 35.4 Å². The second-order valence-electron chi connectivity index (χ2n) is 4.83. The van der Waals surface area contributed by atoms with Crippen molar-refractivity contribution in [3.63, 3.8) is 0 Å². The summed E-state index contributed by atoms with van der Waals surface area (Å²) < 4.78 is 2.12. The van der Waals surface area contributed by atoms with Gasteiger partial charge in [-0.3, -0.25) is 4.40 Å². The van der Waals surface area contributed by atoms with Crippen molar-refractivity contribution in [2.24, 2.45) is 0 Å². The lowest BCUT2D eigenvalue weighted by Gasteiger charge is -2.03. The maximum atomic E-state index is 4.75. The molecule has 1 aliphatic carbocycles. The monoisotopic (exact) mass is 258 g/mol. The van der Waals surface area contributed by atoms with E-state index in [1.165, 1.54) is 35.1 Å². The Balaban J connectivity index is 2.22. The zero-order chi connectivity index (χ0) is 12.3. The van der Waals surface area contributed by atoms with E-state index in [2.05, 4.69) is 21.5 Å². The molecule has 0 unspecified atom stereocenters. The largest absolute Gasteiger partial charge is 0.266 e. The van der Waals surface area contributed by atoms with Gasteiger partial charge in [-0.05, 0) is 31.7 Å². The van der Waals surface area contributed by atoms with Crippen LogP contribution >= 0.6 is 11.3 Å². The molecule has 0 aromatic carbocycles. The van der Waals surface area contributed by atoms with Crippen molar-refractivity contribution in [3.8, 4) is 0 Å². The summed E-state index contributed by atoms with van der Waals surface area (Å²) in [4.78, 5) is 7.39. The molecule has 3 heterocycles. The molecule has 4 rings (SSSR count). The molecule has 4 nitrogen and oxygen atoms in total. The molecule has 18 heavy (non-hydrogen) atoms. The van der Waals surface area contributed by atoms with Gasteiger partial charge >= 0.3 is 0 Å². The van der Waals surface area contributed by atoms with Crippen LogP contribution in [0, 0.1) is 6.92 Å². The quantitative estimate of drug-likeness (QED) is 0.674. The Kier molecular flexibility index (Phi) is 2.03. The first-order valence-electron chi connectivity index (χ1n) is 6.44. The molecule has 0 amide bonds. The topological polar surface area (TPSA) is 43.1 Å². The van der Waals surface area contributed by atoms with Crippen molar-refractivity contribution in [2.45, 2.75) is 39.5 Å². The molecule has 0 aliphatic heterocycles. The first-order valence-corrected chi connectivity index (χ1v) is 7.26. The van der Waals surface area contributed by atoms with Crippen molar-refractivity contribution in [1.82, 2.24) is 19.6 Å². The van der Waals surface area contributed by atoms with Gasteiger partial charge < -0.3 is 0 Å². The number of nitrogens with zero attached hydrogens (tertiary/aromatic N) is 4. The van der Waals surface area contributed by atoms with E-state index < -0.39 is 0 Å². The normalized spacial score (nSPS) is 14.8. The molecule has 0 bridgehead atoms. The van der Waals surface area contributed by atoms with E-state index in [0.717, 1.165) is 28.5 Å². The van der Waals surface area contributed by atoms with E-state index in [4.69, 9.17) is 4.98 Å². The van der Waals surface area contributed by atoms with Crippen molar-refractivity contribution >= 4 is 27.2 Å². The number of hydrogen-bond acceptors (Lipinski definition) is 4. The van der Waals surface area contributed by atoms with Crippen molar-refractivity contribution in [3.05, 3.63) is 22.1 Å². The van der Waals surface area contributed by atoms with Crippen LogP contribution in [0.15, 0.2) is 0 Å². The SMILES string of the molecule is CCc1nnc2c3c4c(sc3nc(C)n12)CCC4. The van der Waals surface area contributed by atoms with Gasteiger partial charge in [-0.25, -0.2) is 4.98 Å². The molecule has 5 heteroatoms. The van der Waals surface area contributed by atoms with E-state index in [0.29, 0.717) is 0 Å². The number of hydrogen-bond donors (Lipinski definition) is 0. The molecule has 0 saturated carbocycles. The molecule has 0 radical (unpaired) electrons. The third kappa shape index (κ3) is 1.17. The van der Waals surface area contributed by atoms with E-state index in [9.17, 15) is 0 Å². The van der Waals surface area contributed by atoms with Gasteiger partial charge in [-0.15, -0.1) is 21.5 Å². The Morgan fingerprint density at radius 1 is 1.28 bits per heavy atom. The minimum Gasteiger partial charge on any atom is -0.266 e. The first kappa shape index (κ1) is 10.4. The van der Waals surface area contributed by atoms with Gasteiger partial charge in [-0.2, -0.15) is 0 Å². The summed E-state index contributed by atoms with van der Waals surface area (Å²) in [6, 6.07) is 0. The average Bonchev–Trinajstić information content (AvgIpc) is 3.00. The molecule has 0 fully saturated rings. The molecule has 92 valence electrons. The van der Waals surface area contributed by atoms with E-state index >= 15 is 0 Å². The second kappa shape index (κ2) is 3.51. The fourth-order valence-corrected chi connectivity index (χ4v) is 4.25. The lowest BCUT2D eigenvalue weighted by atomic mass is 10.2. The van der Waals surface area contributed by atoms with Crippen LogP contribution in [0.2, 0.25) is 0 Å². The Bertz CT molecular complexity index is 768. The summed E-state index contributed by atoms with van der Waals surface area (Å²) in [6.45, 7) is 4.15. The summed E-state index contributed by atoms with van der Waals surface area (Å²) in [5, 5.41) is 9.97. The van der Waals surface area contributed by atoms with E-state index in [-0.39, 0.29) is 0 Å². The summed E-state index contributed by atoms with van der Waals surface area (Å²) in [5.74, 6) is 2.01. The zero-order valence-corrected chi connectivity index (χ0v) is 11.3. The summed E-state index contributed by atoms with van der Waals surface area (Å²) in [7, 11) is 0. The fraction of sp³-hybridized carbons (Fsp3) is 0.462. The predicted octanol–water partition coefficient (Wildman–Crippen LogP) is 2.70. The molecule has 0 atom stereocenters. The maximum absolute atomic E-state index is 4.75. The van der Waals surface area contributed by atoms with Gasteiger partial charge in [0.15, 0.2) is 5.65 Å². The van der Waals surface area contributed by atoms with Gasteiger partial charge in [0.2, 0.25) is 0 Å². The van der Waals surface area contributed by atoms with Crippen LogP contribution in [0.4, 0.5) is 0 Å². The highest BCUT2D eigenvalue weighted by molar-refractivity contribution is 7.19. The van der Waals surface area contributed by atoms with E-state index in [1.54, 1.807) is 0 Å². The first-order chi connectivity index (χ1) is 8.79. The number of aromatic nitrogens is 4. The second-order valence-corrected chi connectivity index (χ2v) is 5.91. The maximum Gasteiger partial charge on any atom is 0.172 e. The Morgan fingerprint density at radius 2 is 2.17 bits per heavy atom.